The third-order valence-corrected chi connectivity index (χ3v) is 4.76. The third kappa shape index (κ3) is 4.40. The van der Waals surface area contributed by atoms with Crippen molar-refractivity contribution in [1.82, 2.24) is 4.72 Å². The van der Waals surface area contributed by atoms with Crippen molar-refractivity contribution in [3.05, 3.63) is 65.0 Å². The largest absolute Gasteiger partial charge is 0.457 e. The molecule has 2 aromatic rings. The molecule has 0 spiro atoms. The van der Waals surface area contributed by atoms with Gasteiger partial charge in [-0.2, -0.15) is 0 Å². The van der Waals surface area contributed by atoms with Crippen molar-refractivity contribution in [2.24, 2.45) is 5.73 Å². The van der Waals surface area contributed by atoms with Gasteiger partial charge in [-0.1, -0.05) is 12.1 Å². The van der Waals surface area contributed by atoms with Crippen LogP contribution < -0.4 is 10.5 Å². The van der Waals surface area contributed by atoms with E-state index < -0.39 is 33.3 Å². The van der Waals surface area contributed by atoms with Crippen molar-refractivity contribution < 1.29 is 27.1 Å². The van der Waals surface area contributed by atoms with Crippen LogP contribution in [0.5, 0.6) is 0 Å². The van der Waals surface area contributed by atoms with E-state index in [-0.39, 0.29) is 11.5 Å². The third-order valence-electron chi connectivity index (χ3n) is 3.35. The number of hydrogen-bond donors (Lipinski definition) is 2. The van der Waals surface area contributed by atoms with Crippen LogP contribution in [0, 0.1) is 5.82 Å². The molecule has 2 rings (SSSR count). The number of benzene rings is 2. The fraction of sp³-hybridized carbons (Fsp3) is 0.125. The van der Waals surface area contributed by atoms with E-state index in [4.69, 9.17) is 10.5 Å². The van der Waals surface area contributed by atoms with Gasteiger partial charge in [0.25, 0.3) is 0 Å². The Hall–Kier alpha value is -2.78. The Kier molecular flexibility index (Phi) is 5.50. The van der Waals surface area contributed by atoms with E-state index >= 15 is 0 Å². The number of hydrogen-bond acceptors (Lipinski definition) is 5. The molecule has 2 aromatic carbocycles. The molecule has 0 heterocycles. The SMILES string of the molecule is CNS(=O)(=O)c1ccc(F)c(C(=O)OCc2ccc(C(N)=O)cc2)c1. The van der Waals surface area contributed by atoms with Gasteiger partial charge in [0, 0.05) is 5.56 Å². The lowest BCUT2D eigenvalue weighted by atomic mass is 10.1. The summed E-state index contributed by atoms with van der Waals surface area (Å²) < 4.78 is 44.3. The van der Waals surface area contributed by atoms with Crippen LogP contribution in [0.25, 0.3) is 0 Å². The molecular formula is C16H15FN2O5S. The first kappa shape index (κ1) is 18.6. The number of carbonyl (C=O) groups is 2. The summed E-state index contributed by atoms with van der Waals surface area (Å²) in [6.07, 6.45) is 0. The number of nitrogens with one attached hydrogen (secondary N) is 1. The molecule has 132 valence electrons. The monoisotopic (exact) mass is 366 g/mol. The highest BCUT2D eigenvalue weighted by Gasteiger charge is 2.19. The van der Waals surface area contributed by atoms with Crippen molar-refractivity contribution in [3.63, 3.8) is 0 Å². The Morgan fingerprint density at radius 2 is 1.80 bits per heavy atom. The molecule has 3 N–H and O–H groups in total. The Balaban J connectivity index is 2.15. The number of halogens is 1. The second-order valence-corrected chi connectivity index (χ2v) is 6.87. The zero-order valence-corrected chi connectivity index (χ0v) is 14.0. The topological polar surface area (TPSA) is 116 Å². The van der Waals surface area contributed by atoms with Crippen LogP contribution in [0.2, 0.25) is 0 Å². The quantitative estimate of drug-likeness (QED) is 0.745. The number of rotatable bonds is 6. The van der Waals surface area contributed by atoms with E-state index in [1.807, 2.05) is 0 Å². The van der Waals surface area contributed by atoms with Gasteiger partial charge in [0.15, 0.2) is 0 Å². The zero-order valence-electron chi connectivity index (χ0n) is 13.2. The molecule has 0 aliphatic carbocycles. The van der Waals surface area contributed by atoms with Crippen LogP contribution >= 0.6 is 0 Å². The Bertz CT molecular complexity index is 911. The number of carbonyl (C=O) groups excluding carboxylic acids is 2. The molecule has 0 aliphatic rings. The van der Waals surface area contributed by atoms with Gasteiger partial charge < -0.3 is 10.5 Å². The molecule has 0 bridgehead atoms. The number of nitrogens with two attached hydrogens (primary N) is 1. The summed E-state index contributed by atoms with van der Waals surface area (Å²) in [4.78, 5) is 22.8. The Labute approximate surface area is 143 Å². The maximum Gasteiger partial charge on any atom is 0.341 e. The molecule has 0 aromatic heterocycles. The highest BCUT2D eigenvalue weighted by atomic mass is 32.2. The summed E-state index contributed by atoms with van der Waals surface area (Å²) in [6, 6.07) is 8.82. The molecule has 0 saturated carbocycles. The number of ether oxygens (including phenoxy) is 1. The van der Waals surface area contributed by atoms with Gasteiger partial charge in [-0.3, -0.25) is 4.79 Å². The van der Waals surface area contributed by atoms with Crippen molar-refractivity contribution in [3.8, 4) is 0 Å². The van der Waals surface area contributed by atoms with E-state index in [0.717, 1.165) is 18.2 Å². The molecule has 0 aliphatic heterocycles. The minimum absolute atomic E-state index is 0.180. The second-order valence-electron chi connectivity index (χ2n) is 4.99. The zero-order chi connectivity index (χ0) is 18.6. The highest BCUT2D eigenvalue weighted by molar-refractivity contribution is 7.89. The van der Waals surface area contributed by atoms with Crippen LogP contribution in [0.3, 0.4) is 0 Å². The summed E-state index contributed by atoms with van der Waals surface area (Å²) in [5.74, 6) is -2.50. The standard InChI is InChI=1S/C16H15FN2O5S/c1-19-25(22,23)12-6-7-14(17)13(8-12)16(21)24-9-10-2-4-11(5-3-10)15(18)20/h2-8,19H,9H2,1H3,(H2,18,20). The highest BCUT2D eigenvalue weighted by Crippen LogP contribution is 2.17. The molecule has 0 saturated heterocycles. The molecule has 0 unspecified atom stereocenters. The van der Waals surface area contributed by atoms with Gasteiger partial charge in [0.1, 0.15) is 12.4 Å². The molecule has 9 heteroatoms. The first-order chi connectivity index (χ1) is 11.7. The second kappa shape index (κ2) is 7.41. The van der Waals surface area contributed by atoms with Crippen molar-refractivity contribution >= 4 is 21.9 Å². The van der Waals surface area contributed by atoms with Crippen LogP contribution in [-0.2, 0) is 21.4 Å². The molecule has 7 nitrogen and oxygen atoms in total. The van der Waals surface area contributed by atoms with E-state index in [1.54, 1.807) is 0 Å². The molecule has 0 atom stereocenters. The first-order valence-electron chi connectivity index (χ1n) is 7.03. The minimum Gasteiger partial charge on any atom is -0.457 e. The molecule has 1 amide bonds. The molecule has 25 heavy (non-hydrogen) atoms. The first-order valence-corrected chi connectivity index (χ1v) is 8.52. The van der Waals surface area contributed by atoms with Gasteiger partial charge in [-0.25, -0.2) is 22.3 Å². The number of amides is 1. The van der Waals surface area contributed by atoms with Crippen LogP contribution in [0.1, 0.15) is 26.3 Å². The predicted molar refractivity (Wildman–Crippen MR) is 86.7 cm³/mol. The summed E-state index contributed by atoms with van der Waals surface area (Å²) in [7, 11) is -2.62. The fourth-order valence-electron chi connectivity index (χ4n) is 1.94. The maximum atomic E-state index is 13.8. The Morgan fingerprint density at radius 3 is 2.36 bits per heavy atom. The lowest BCUT2D eigenvalue weighted by molar-refractivity contribution is 0.0466. The summed E-state index contributed by atoms with van der Waals surface area (Å²) in [6.45, 7) is -0.180. The maximum absolute atomic E-state index is 13.8. The Morgan fingerprint density at radius 1 is 1.16 bits per heavy atom. The van der Waals surface area contributed by atoms with Crippen molar-refractivity contribution in [2.75, 3.05) is 7.05 Å². The fourth-order valence-corrected chi connectivity index (χ4v) is 2.69. The lowest BCUT2D eigenvalue weighted by Crippen LogP contribution is -2.19. The van der Waals surface area contributed by atoms with Crippen molar-refractivity contribution in [1.29, 1.82) is 0 Å². The van der Waals surface area contributed by atoms with Gasteiger partial charge in [-0.15, -0.1) is 0 Å². The van der Waals surface area contributed by atoms with Crippen molar-refractivity contribution in [2.45, 2.75) is 11.5 Å². The summed E-state index contributed by atoms with van der Waals surface area (Å²) in [5, 5.41) is 0. The van der Waals surface area contributed by atoms with Crippen LogP contribution in [-0.4, -0.2) is 27.3 Å². The number of esters is 1. The summed E-state index contributed by atoms with van der Waals surface area (Å²) in [5.41, 5.74) is 5.47. The van der Waals surface area contributed by atoms with Gasteiger partial charge in [-0.05, 0) is 42.9 Å². The van der Waals surface area contributed by atoms with E-state index in [0.29, 0.717) is 11.1 Å². The minimum atomic E-state index is -3.82. The summed E-state index contributed by atoms with van der Waals surface area (Å²) >= 11 is 0. The smallest absolute Gasteiger partial charge is 0.341 e. The number of sulfonamides is 1. The van der Waals surface area contributed by atoms with E-state index in [2.05, 4.69) is 4.72 Å². The predicted octanol–water partition coefficient (Wildman–Crippen LogP) is 1.19. The number of primary amides is 1. The van der Waals surface area contributed by atoms with E-state index in [9.17, 15) is 22.4 Å². The lowest BCUT2D eigenvalue weighted by Gasteiger charge is -2.08. The molecule has 0 fully saturated rings. The van der Waals surface area contributed by atoms with Crippen LogP contribution in [0.4, 0.5) is 4.39 Å². The van der Waals surface area contributed by atoms with Gasteiger partial charge in [0.2, 0.25) is 15.9 Å². The van der Waals surface area contributed by atoms with Crippen LogP contribution in [0.15, 0.2) is 47.4 Å². The normalized spacial score (nSPS) is 11.1. The molecular weight excluding hydrogens is 351 g/mol. The average molecular weight is 366 g/mol. The van der Waals surface area contributed by atoms with Gasteiger partial charge >= 0.3 is 5.97 Å². The van der Waals surface area contributed by atoms with E-state index in [1.165, 1.54) is 31.3 Å². The van der Waals surface area contributed by atoms with Gasteiger partial charge in [0.05, 0.1) is 10.5 Å². The molecule has 0 radical (unpaired) electrons. The average Bonchev–Trinajstić information content (AvgIpc) is 2.60.